The topological polar surface area (TPSA) is 73.5 Å². The second kappa shape index (κ2) is 7.13. The number of carbonyl (C=O) groups excluding carboxylic acids is 2. The maximum atomic E-state index is 13.4. The monoisotopic (exact) mass is 371 g/mol. The van der Waals surface area contributed by atoms with Crippen LogP contribution in [-0.4, -0.2) is 52.3 Å². The van der Waals surface area contributed by atoms with Crippen molar-refractivity contribution in [3.8, 4) is 0 Å². The van der Waals surface area contributed by atoms with Crippen molar-refractivity contribution in [1.82, 2.24) is 14.8 Å². The van der Waals surface area contributed by atoms with Crippen LogP contribution >= 0.6 is 0 Å². The van der Waals surface area contributed by atoms with Crippen LogP contribution < -0.4 is 5.43 Å². The van der Waals surface area contributed by atoms with E-state index in [2.05, 4.69) is 9.88 Å². The van der Waals surface area contributed by atoms with Gasteiger partial charge in [0.2, 0.25) is 5.91 Å². The minimum atomic E-state index is -0.442. The van der Waals surface area contributed by atoms with E-state index in [1.165, 1.54) is 31.5 Å². The minimum Gasteiger partial charge on any atom is -0.364 e. The van der Waals surface area contributed by atoms with Crippen LogP contribution in [0.2, 0.25) is 0 Å². The van der Waals surface area contributed by atoms with Gasteiger partial charge >= 0.3 is 0 Å². The first-order chi connectivity index (χ1) is 13.0. The van der Waals surface area contributed by atoms with Gasteiger partial charge in [-0.15, -0.1) is 0 Å². The lowest BCUT2D eigenvalue weighted by atomic mass is 9.77. The number of aromatic amines is 1. The van der Waals surface area contributed by atoms with E-state index in [0.29, 0.717) is 25.6 Å². The molecule has 1 N–H and O–H groups in total. The van der Waals surface area contributed by atoms with Crippen LogP contribution in [0, 0.1) is 12.3 Å². The number of pyridine rings is 1. The first-order valence-electron chi connectivity index (χ1n) is 10.3. The molecule has 1 aliphatic carbocycles. The molecule has 1 aromatic heterocycles. The molecule has 1 spiro atoms. The average molecular weight is 371 g/mol. The molecule has 146 valence electrons. The van der Waals surface area contributed by atoms with Crippen LogP contribution in [0.5, 0.6) is 0 Å². The molecule has 1 saturated carbocycles. The van der Waals surface area contributed by atoms with Crippen LogP contribution in [0.4, 0.5) is 0 Å². The van der Waals surface area contributed by atoms with Gasteiger partial charge in [-0.2, -0.15) is 0 Å². The second-order valence-electron chi connectivity index (χ2n) is 8.54. The second-order valence-corrected chi connectivity index (χ2v) is 8.54. The largest absolute Gasteiger partial charge is 0.364 e. The van der Waals surface area contributed by atoms with Crippen LogP contribution in [0.3, 0.4) is 0 Å². The number of amides is 2. The number of nitrogens with zero attached hydrogens (tertiary/aromatic N) is 2. The van der Waals surface area contributed by atoms with E-state index < -0.39 is 5.41 Å². The molecule has 6 nitrogen and oxygen atoms in total. The number of aromatic nitrogens is 1. The van der Waals surface area contributed by atoms with Gasteiger partial charge in [-0.1, -0.05) is 19.3 Å². The van der Waals surface area contributed by atoms with Crippen LogP contribution in [0.15, 0.2) is 17.1 Å². The number of aryl methyl sites for hydroxylation is 1. The third-order valence-corrected chi connectivity index (χ3v) is 6.71. The number of piperidine rings is 1. The van der Waals surface area contributed by atoms with Gasteiger partial charge in [0, 0.05) is 43.6 Å². The summed E-state index contributed by atoms with van der Waals surface area (Å²) in [5.74, 6) is -0.00974. The van der Waals surface area contributed by atoms with Gasteiger partial charge in [0.1, 0.15) is 5.56 Å². The highest BCUT2D eigenvalue weighted by Gasteiger charge is 2.50. The van der Waals surface area contributed by atoms with Gasteiger partial charge in [0.05, 0.1) is 5.41 Å². The smallest absolute Gasteiger partial charge is 0.259 e. The zero-order valence-corrected chi connectivity index (χ0v) is 16.1. The Balaban J connectivity index is 1.51. The van der Waals surface area contributed by atoms with Crippen molar-refractivity contribution < 1.29 is 9.59 Å². The zero-order valence-electron chi connectivity index (χ0n) is 16.1. The minimum absolute atomic E-state index is 0.171. The molecular weight excluding hydrogens is 342 g/mol. The number of carbonyl (C=O) groups is 2. The van der Waals surface area contributed by atoms with E-state index >= 15 is 0 Å². The quantitative estimate of drug-likeness (QED) is 0.868. The van der Waals surface area contributed by atoms with Crippen molar-refractivity contribution >= 4 is 11.8 Å². The molecule has 2 aliphatic heterocycles. The van der Waals surface area contributed by atoms with Gasteiger partial charge in [-0.05, 0) is 39.0 Å². The summed E-state index contributed by atoms with van der Waals surface area (Å²) >= 11 is 0. The Bertz CT molecular complexity index is 796. The molecule has 1 atom stereocenters. The molecule has 4 rings (SSSR count). The highest BCUT2D eigenvalue weighted by molar-refractivity contribution is 5.95. The molecule has 0 aromatic carbocycles. The number of nitrogens with one attached hydrogen (secondary N) is 1. The number of H-pyrrole nitrogens is 1. The Morgan fingerprint density at radius 2 is 1.89 bits per heavy atom. The number of hydrogen-bond acceptors (Lipinski definition) is 3. The summed E-state index contributed by atoms with van der Waals surface area (Å²) in [6.45, 7) is 3.65. The summed E-state index contributed by atoms with van der Waals surface area (Å²) in [6.07, 6.45) is 10.00. The maximum Gasteiger partial charge on any atom is 0.259 e. The predicted octanol–water partition coefficient (Wildman–Crippen LogP) is 2.47. The number of hydrogen-bond donors (Lipinski definition) is 1. The predicted molar refractivity (Wildman–Crippen MR) is 103 cm³/mol. The van der Waals surface area contributed by atoms with E-state index in [4.69, 9.17) is 0 Å². The SMILES string of the molecule is Cc1cc(=O)c(C(=O)N2CC[C@]3(CCCN(C4CCCCC4)C3=O)C2)c[nH]1. The molecule has 2 saturated heterocycles. The molecule has 3 heterocycles. The zero-order chi connectivity index (χ0) is 19.0. The Morgan fingerprint density at radius 1 is 1.11 bits per heavy atom. The fourth-order valence-electron chi connectivity index (χ4n) is 5.18. The van der Waals surface area contributed by atoms with Crippen molar-refractivity contribution in [2.45, 2.75) is 64.3 Å². The molecule has 0 unspecified atom stereocenters. The van der Waals surface area contributed by atoms with Crippen LogP contribution in [0.1, 0.15) is 67.4 Å². The maximum absolute atomic E-state index is 13.4. The van der Waals surface area contributed by atoms with E-state index in [9.17, 15) is 14.4 Å². The molecule has 0 bridgehead atoms. The van der Waals surface area contributed by atoms with Gasteiger partial charge in [-0.25, -0.2) is 0 Å². The lowest BCUT2D eigenvalue weighted by Gasteiger charge is -2.44. The van der Waals surface area contributed by atoms with Crippen LogP contribution in [-0.2, 0) is 4.79 Å². The Labute approximate surface area is 159 Å². The lowest BCUT2D eigenvalue weighted by Crippen LogP contribution is -2.54. The third-order valence-electron chi connectivity index (χ3n) is 6.71. The van der Waals surface area contributed by atoms with Crippen molar-refractivity contribution in [2.24, 2.45) is 5.41 Å². The molecule has 0 radical (unpaired) electrons. The van der Waals surface area contributed by atoms with Crippen molar-refractivity contribution in [1.29, 1.82) is 0 Å². The van der Waals surface area contributed by atoms with Crippen molar-refractivity contribution in [3.05, 3.63) is 33.7 Å². The summed E-state index contributed by atoms with van der Waals surface area (Å²) in [5, 5.41) is 0. The third kappa shape index (κ3) is 3.30. The van der Waals surface area contributed by atoms with Gasteiger partial charge in [0.15, 0.2) is 5.43 Å². The summed E-state index contributed by atoms with van der Waals surface area (Å²) in [4.78, 5) is 45.2. The summed E-state index contributed by atoms with van der Waals surface area (Å²) in [6, 6.07) is 1.84. The van der Waals surface area contributed by atoms with Crippen molar-refractivity contribution in [2.75, 3.05) is 19.6 Å². The van der Waals surface area contributed by atoms with E-state index in [0.717, 1.165) is 37.9 Å². The first kappa shape index (κ1) is 18.3. The molecule has 1 aromatic rings. The van der Waals surface area contributed by atoms with Gasteiger partial charge < -0.3 is 14.8 Å². The average Bonchev–Trinajstić information content (AvgIpc) is 3.09. The van der Waals surface area contributed by atoms with E-state index in [1.54, 1.807) is 11.8 Å². The molecular formula is C21H29N3O3. The van der Waals surface area contributed by atoms with Crippen molar-refractivity contribution in [3.63, 3.8) is 0 Å². The van der Waals surface area contributed by atoms with E-state index in [1.807, 2.05) is 0 Å². The molecule has 27 heavy (non-hydrogen) atoms. The number of likely N-dealkylation sites (tertiary alicyclic amines) is 2. The molecule has 2 amide bonds. The fraction of sp³-hybridized carbons (Fsp3) is 0.667. The fourth-order valence-corrected chi connectivity index (χ4v) is 5.18. The Hall–Kier alpha value is -2.11. The lowest BCUT2D eigenvalue weighted by molar-refractivity contribution is -0.149. The number of rotatable bonds is 2. The van der Waals surface area contributed by atoms with Crippen LogP contribution in [0.25, 0.3) is 0 Å². The van der Waals surface area contributed by atoms with Gasteiger partial charge in [0.25, 0.3) is 5.91 Å². The Morgan fingerprint density at radius 3 is 2.63 bits per heavy atom. The Kier molecular flexibility index (Phi) is 4.82. The molecule has 6 heteroatoms. The highest BCUT2D eigenvalue weighted by Crippen LogP contribution is 2.42. The summed E-state index contributed by atoms with van der Waals surface area (Å²) in [7, 11) is 0. The van der Waals surface area contributed by atoms with E-state index in [-0.39, 0.29) is 22.8 Å². The molecule has 3 aliphatic rings. The summed E-state index contributed by atoms with van der Waals surface area (Å²) < 4.78 is 0. The standard InChI is InChI=1S/C21H29N3O3/c1-15-12-18(25)17(13-22-15)19(26)23-11-9-21(14-23)8-5-10-24(20(21)27)16-6-3-2-4-7-16/h12-13,16H,2-11,14H2,1H3,(H,22,25)/t21-/m1/s1. The molecule has 3 fully saturated rings. The summed E-state index contributed by atoms with van der Waals surface area (Å²) in [5.41, 5.74) is 0.212. The first-order valence-corrected chi connectivity index (χ1v) is 10.3. The van der Waals surface area contributed by atoms with Gasteiger partial charge in [-0.3, -0.25) is 14.4 Å². The normalized spacial score (nSPS) is 26.8. The highest BCUT2D eigenvalue weighted by atomic mass is 16.2.